The van der Waals surface area contributed by atoms with E-state index in [4.69, 9.17) is 5.53 Å². The number of anilines is 1. The Bertz CT molecular complexity index is 985. The van der Waals surface area contributed by atoms with Crippen LogP contribution < -0.4 is 9.47 Å². The highest BCUT2D eigenvalue weighted by atomic mass is 79.9. The molecule has 0 saturated carbocycles. The predicted octanol–water partition coefficient (Wildman–Crippen LogP) is 3.08. The molecule has 1 aromatic heterocycles. The third-order valence-corrected chi connectivity index (χ3v) is 4.59. The van der Waals surface area contributed by atoms with Gasteiger partial charge in [-0.15, -0.1) is 17.0 Å². The molecule has 1 aliphatic rings. The lowest BCUT2D eigenvalue weighted by atomic mass is 9.95. The van der Waals surface area contributed by atoms with Crippen molar-refractivity contribution < 1.29 is 9.67 Å². The molecule has 2 aromatic carbocycles. The van der Waals surface area contributed by atoms with Crippen LogP contribution in [0.25, 0.3) is 21.2 Å². The van der Waals surface area contributed by atoms with Crippen LogP contribution in [0.1, 0.15) is 5.56 Å². The van der Waals surface area contributed by atoms with Crippen LogP contribution in [0, 0.1) is 0 Å². The molecular formula is C18H18BrN6O+. The van der Waals surface area contributed by atoms with Crippen molar-refractivity contribution in [3.05, 3.63) is 76.9 Å². The fourth-order valence-electron chi connectivity index (χ4n) is 3.51. The number of benzene rings is 2. The van der Waals surface area contributed by atoms with Crippen LogP contribution in [-0.2, 0) is 12.3 Å². The summed E-state index contributed by atoms with van der Waals surface area (Å²) in [7, 11) is 0. The van der Waals surface area contributed by atoms with Crippen LogP contribution >= 0.6 is 17.0 Å². The van der Waals surface area contributed by atoms with E-state index in [2.05, 4.69) is 15.0 Å². The minimum atomic E-state index is -1.26. The van der Waals surface area contributed by atoms with Crippen LogP contribution in [0.4, 0.5) is 5.95 Å². The highest BCUT2D eigenvalue weighted by molar-refractivity contribution is 8.93. The first kappa shape index (κ1) is 18.1. The van der Waals surface area contributed by atoms with Crippen LogP contribution in [0.3, 0.4) is 0 Å². The van der Waals surface area contributed by atoms with Gasteiger partial charge in [-0.2, -0.15) is 0 Å². The van der Waals surface area contributed by atoms with E-state index in [0.29, 0.717) is 19.0 Å². The normalized spacial score (nSPS) is 18.1. The second kappa shape index (κ2) is 7.29. The maximum Gasteiger partial charge on any atom is 0.396 e. The summed E-state index contributed by atoms with van der Waals surface area (Å²) >= 11 is 0. The number of rotatable bonds is 4. The van der Waals surface area contributed by atoms with Crippen LogP contribution in [0.5, 0.6) is 0 Å². The lowest BCUT2D eigenvalue weighted by Gasteiger charge is -2.29. The van der Waals surface area contributed by atoms with E-state index < -0.39 is 5.72 Å². The third-order valence-electron chi connectivity index (χ3n) is 4.59. The zero-order valence-corrected chi connectivity index (χ0v) is 15.6. The Morgan fingerprint density at radius 3 is 2.88 bits per heavy atom. The second-order valence-corrected chi connectivity index (χ2v) is 6.00. The molecule has 8 heteroatoms. The zero-order chi connectivity index (χ0) is 17.3. The number of fused-ring (bicyclic) bond motifs is 2. The summed E-state index contributed by atoms with van der Waals surface area (Å²) in [5.41, 5.74) is 8.14. The first-order chi connectivity index (χ1) is 12.2. The van der Waals surface area contributed by atoms with Crippen LogP contribution in [0.15, 0.2) is 66.0 Å². The maximum absolute atomic E-state index is 11.7. The fraction of sp³-hybridized carbons (Fsp3) is 0.222. The number of nitrogens with zero attached hydrogens (tertiary/aromatic N) is 6. The number of aliphatic hydroxyl groups is 1. The van der Waals surface area contributed by atoms with Crippen molar-refractivity contribution in [1.82, 2.24) is 4.98 Å². The van der Waals surface area contributed by atoms with E-state index in [1.165, 1.54) is 0 Å². The molecule has 0 bridgehead atoms. The highest BCUT2D eigenvalue weighted by Crippen LogP contribution is 2.37. The quantitative estimate of drug-likeness (QED) is 0.308. The standard InChI is InChI=1S/C18H17N6O.BrH/c19-22-21-10-12-24-17-20-9-4-11-23(17)13-18(24,25)16-8-3-6-14-5-1-2-7-15(14)16;/h1-9,11,25H,10,12-13H2;1H/q+1;. The van der Waals surface area contributed by atoms with Gasteiger partial charge < -0.3 is 5.11 Å². The van der Waals surface area contributed by atoms with Gasteiger partial charge in [0.15, 0.2) is 0 Å². The molecule has 2 heterocycles. The maximum atomic E-state index is 11.7. The van der Waals surface area contributed by atoms with E-state index in [1.54, 1.807) is 6.20 Å². The Morgan fingerprint density at radius 2 is 2.04 bits per heavy atom. The molecule has 0 spiro atoms. The van der Waals surface area contributed by atoms with Gasteiger partial charge in [-0.3, -0.25) is 0 Å². The van der Waals surface area contributed by atoms with Gasteiger partial charge in [0.25, 0.3) is 0 Å². The molecule has 7 nitrogen and oxygen atoms in total. The van der Waals surface area contributed by atoms with Gasteiger partial charge in [0, 0.05) is 16.5 Å². The number of azide groups is 1. The van der Waals surface area contributed by atoms with Gasteiger partial charge in [-0.25, -0.2) is 9.47 Å². The van der Waals surface area contributed by atoms with Crippen molar-refractivity contribution in [3.63, 3.8) is 0 Å². The molecular weight excluding hydrogens is 396 g/mol. The number of hydrogen-bond donors (Lipinski definition) is 1. The van der Waals surface area contributed by atoms with E-state index in [9.17, 15) is 5.11 Å². The third kappa shape index (κ3) is 2.88. The SMILES string of the molecule is Br.[N-]=[N+]=NCCN1c2nccc[n+]2CC1(O)c1cccc2ccccc12. The summed E-state index contributed by atoms with van der Waals surface area (Å²) in [6, 6.07) is 15.7. The molecule has 26 heavy (non-hydrogen) atoms. The highest BCUT2D eigenvalue weighted by Gasteiger charge is 2.51. The van der Waals surface area contributed by atoms with Crippen molar-refractivity contribution >= 4 is 33.7 Å². The molecule has 4 rings (SSSR count). The van der Waals surface area contributed by atoms with E-state index >= 15 is 0 Å². The van der Waals surface area contributed by atoms with E-state index in [0.717, 1.165) is 16.3 Å². The fourth-order valence-corrected chi connectivity index (χ4v) is 3.51. The van der Waals surface area contributed by atoms with Crippen LogP contribution in [-0.4, -0.2) is 23.2 Å². The van der Waals surface area contributed by atoms with E-state index in [1.807, 2.05) is 64.2 Å². The Morgan fingerprint density at radius 1 is 1.23 bits per heavy atom. The summed E-state index contributed by atoms with van der Waals surface area (Å²) in [5.74, 6) is 0.658. The van der Waals surface area contributed by atoms with Gasteiger partial charge in [0.1, 0.15) is 12.7 Å². The summed E-state index contributed by atoms with van der Waals surface area (Å²) < 4.78 is 1.91. The average Bonchev–Trinajstić information content (AvgIpc) is 2.94. The monoisotopic (exact) mass is 413 g/mol. The molecule has 0 saturated heterocycles. The number of aromatic nitrogens is 2. The molecule has 1 atom stereocenters. The Labute approximate surface area is 160 Å². The Balaban J connectivity index is 0.00000196. The van der Waals surface area contributed by atoms with Crippen molar-refractivity contribution in [1.29, 1.82) is 0 Å². The summed E-state index contributed by atoms with van der Waals surface area (Å²) in [6.07, 6.45) is 3.59. The molecule has 3 aromatic rings. The summed E-state index contributed by atoms with van der Waals surface area (Å²) in [5, 5.41) is 17.4. The van der Waals surface area contributed by atoms with Gasteiger partial charge in [0.2, 0.25) is 5.72 Å². The molecule has 0 amide bonds. The Kier molecular flexibility index (Phi) is 5.08. The lowest BCUT2D eigenvalue weighted by Crippen LogP contribution is -2.46. The largest absolute Gasteiger partial charge is 0.396 e. The van der Waals surface area contributed by atoms with Crippen molar-refractivity contribution in [3.8, 4) is 0 Å². The van der Waals surface area contributed by atoms with Gasteiger partial charge >= 0.3 is 5.95 Å². The minimum absolute atomic E-state index is 0. The second-order valence-electron chi connectivity index (χ2n) is 6.00. The molecule has 1 unspecified atom stereocenters. The van der Waals surface area contributed by atoms with Gasteiger partial charge in [-0.05, 0) is 16.3 Å². The molecule has 1 aliphatic heterocycles. The molecule has 132 valence electrons. The molecule has 0 radical (unpaired) electrons. The van der Waals surface area contributed by atoms with Crippen molar-refractivity contribution in [2.45, 2.75) is 12.3 Å². The smallest absolute Gasteiger partial charge is 0.353 e. The molecule has 1 N–H and O–H groups in total. The molecule has 0 fully saturated rings. The summed E-state index contributed by atoms with van der Waals surface area (Å²) in [4.78, 5) is 9.04. The van der Waals surface area contributed by atoms with Gasteiger partial charge in [0.05, 0.1) is 19.3 Å². The number of halogens is 1. The lowest BCUT2D eigenvalue weighted by molar-refractivity contribution is -0.685. The minimum Gasteiger partial charge on any atom is -0.353 e. The topological polar surface area (TPSA) is 89.0 Å². The first-order valence-corrected chi connectivity index (χ1v) is 8.07. The Hall–Kier alpha value is -2.67. The predicted molar refractivity (Wildman–Crippen MR) is 104 cm³/mol. The molecule has 0 aliphatic carbocycles. The van der Waals surface area contributed by atoms with Crippen molar-refractivity contribution in [2.24, 2.45) is 5.11 Å². The first-order valence-electron chi connectivity index (χ1n) is 8.07. The van der Waals surface area contributed by atoms with Gasteiger partial charge in [-0.1, -0.05) is 52.6 Å². The van der Waals surface area contributed by atoms with E-state index in [-0.39, 0.29) is 23.5 Å². The number of hydrogen-bond acceptors (Lipinski definition) is 4. The average molecular weight is 414 g/mol. The summed E-state index contributed by atoms with van der Waals surface area (Å²) in [6.45, 7) is 0.987. The van der Waals surface area contributed by atoms with Crippen LogP contribution in [0.2, 0.25) is 0 Å². The zero-order valence-electron chi connectivity index (χ0n) is 13.9. The van der Waals surface area contributed by atoms with Crippen molar-refractivity contribution in [2.75, 3.05) is 18.0 Å².